The van der Waals surface area contributed by atoms with Gasteiger partial charge in [-0.1, -0.05) is 12.1 Å². The normalized spacial score (nSPS) is 16.1. The molecule has 0 N–H and O–H groups in total. The van der Waals surface area contributed by atoms with Crippen LogP contribution in [0.1, 0.15) is 50.0 Å². The van der Waals surface area contributed by atoms with Crippen molar-refractivity contribution in [3.63, 3.8) is 0 Å². The van der Waals surface area contributed by atoms with Crippen LogP contribution >= 0.6 is 11.3 Å². The average molecular weight is 406 g/mol. The Bertz CT molecular complexity index is 1030. The maximum atomic E-state index is 5.74. The van der Waals surface area contributed by atoms with Gasteiger partial charge in [0.25, 0.3) is 6.29 Å². The van der Waals surface area contributed by atoms with E-state index in [-0.39, 0.29) is 12.4 Å². The topological polar surface area (TPSA) is 40.6 Å². The van der Waals surface area contributed by atoms with Crippen molar-refractivity contribution in [3.05, 3.63) is 72.3 Å². The molecule has 4 nitrogen and oxygen atoms in total. The summed E-state index contributed by atoms with van der Waals surface area (Å²) in [7, 11) is 0. The Morgan fingerprint density at radius 1 is 1.03 bits per heavy atom. The zero-order chi connectivity index (χ0) is 19.8. The molecular formula is C24H23NO3S. The lowest BCUT2D eigenvalue weighted by Crippen LogP contribution is -2.04. The van der Waals surface area contributed by atoms with E-state index in [1.807, 2.05) is 32.2 Å². The van der Waals surface area contributed by atoms with Crippen LogP contribution in [0.25, 0.3) is 21.0 Å². The third-order valence-electron chi connectivity index (χ3n) is 5.07. The average Bonchev–Trinajstić information content (AvgIpc) is 3.21. The molecule has 3 aromatic rings. The molecule has 1 fully saturated rings. The molecule has 0 unspecified atom stereocenters. The zero-order valence-electron chi connectivity index (χ0n) is 16.5. The molecule has 2 aliphatic rings. The summed E-state index contributed by atoms with van der Waals surface area (Å²) < 4.78 is 16.8. The molecule has 1 saturated carbocycles. The summed E-state index contributed by atoms with van der Waals surface area (Å²) in [5.74, 6) is 1.50. The molecule has 0 atom stereocenters. The molecule has 0 amide bonds. The number of nitrogens with zero attached hydrogens (tertiary/aromatic N) is 1. The molecule has 5 heteroatoms. The van der Waals surface area contributed by atoms with E-state index in [4.69, 9.17) is 19.2 Å². The first kappa shape index (κ1) is 18.3. The van der Waals surface area contributed by atoms with Crippen LogP contribution in [0.15, 0.2) is 61.2 Å². The van der Waals surface area contributed by atoms with Gasteiger partial charge in [-0.05, 0) is 74.1 Å². The number of benzene rings is 2. The zero-order valence-corrected chi connectivity index (χ0v) is 17.3. The maximum absolute atomic E-state index is 5.74. The fourth-order valence-electron chi connectivity index (χ4n) is 3.55. The highest BCUT2D eigenvalue weighted by atomic mass is 32.1. The largest absolute Gasteiger partial charge is 0.491 e. The van der Waals surface area contributed by atoms with Crippen molar-refractivity contribution in [2.24, 2.45) is 0 Å². The molecule has 5 rings (SSSR count). The maximum Gasteiger partial charge on any atom is 0.266 e. The monoisotopic (exact) mass is 405 g/mol. The van der Waals surface area contributed by atoms with Crippen LogP contribution in [-0.2, 0) is 9.47 Å². The van der Waals surface area contributed by atoms with Gasteiger partial charge in [-0.15, -0.1) is 11.3 Å². The first-order valence-electron chi connectivity index (χ1n) is 10.0. The minimum Gasteiger partial charge on any atom is -0.491 e. The smallest absolute Gasteiger partial charge is 0.266 e. The van der Waals surface area contributed by atoms with Crippen molar-refractivity contribution >= 4 is 11.3 Å². The van der Waals surface area contributed by atoms with Gasteiger partial charge in [0, 0.05) is 17.3 Å². The van der Waals surface area contributed by atoms with Gasteiger partial charge in [-0.3, -0.25) is 0 Å². The van der Waals surface area contributed by atoms with E-state index in [2.05, 4.69) is 30.3 Å². The Morgan fingerprint density at radius 3 is 2.48 bits per heavy atom. The first-order valence-corrected chi connectivity index (χ1v) is 10.8. The van der Waals surface area contributed by atoms with Gasteiger partial charge in [0.1, 0.15) is 23.3 Å². The quantitative estimate of drug-likeness (QED) is 0.460. The number of hydrogen-bond acceptors (Lipinski definition) is 5. The Hall–Kier alpha value is -2.79. The Labute approximate surface area is 174 Å². The molecule has 1 aliphatic carbocycles. The second kappa shape index (κ2) is 7.56. The molecule has 29 heavy (non-hydrogen) atoms. The van der Waals surface area contributed by atoms with E-state index < -0.39 is 0 Å². The van der Waals surface area contributed by atoms with E-state index in [1.54, 1.807) is 23.9 Å². The summed E-state index contributed by atoms with van der Waals surface area (Å²) in [6.07, 6.45) is 7.47. The molecule has 1 aromatic heterocycles. The fourth-order valence-corrected chi connectivity index (χ4v) is 4.52. The highest BCUT2D eigenvalue weighted by Gasteiger charge is 2.29. The predicted octanol–water partition coefficient (Wildman–Crippen LogP) is 6.66. The molecule has 2 aromatic carbocycles. The lowest BCUT2D eigenvalue weighted by Gasteiger charge is -2.14. The Kier molecular flexibility index (Phi) is 4.76. The van der Waals surface area contributed by atoms with E-state index in [1.165, 1.54) is 24.0 Å². The van der Waals surface area contributed by atoms with Gasteiger partial charge in [-0.2, -0.15) is 0 Å². The van der Waals surface area contributed by atoms with Crippen LogP contribution in [0.4, 0.5) is 0 Å². The SMILES string of the molecule is CC(C)Oc1ccc(-c2cnc(-c3ccc(C4OC=CO4)cc3C3CC3)s2)cc1. The highest BCUT2D eigenvalue weighted by molar-refractivity contribution is 7.18. The lowest BCUT2D eigenvalue weighted by atomic mass is 10.00. The van der Waals surface area contributed by atoms with Crippen LogP contribution in [0.2, 0.25) is 0 Å². The van der Waals surface area contributed by atoms with Gasteiger partial charge >= 0.3 is 0 Å². The summed E-state index contributed by atoms with van der Waals surface area (Å²) in [6.45, 7) is 4.07. The number of hydrogen-bond donors (Lipinski definition) is 0. The summed E-state index contributed by atoms with van der Waals surface area (Å²) in [5.41, 5.74) is 4.79. The van der Waals surface area contributed by atoms with Crippen molar-refractivity contribution < 1.29 is 14.2 Å². The molecule has 148 valence electrons. The number of thiazole rings is 1. The van der Waals surface area contributed by atoms with E-state index in [0.29, 0.717) is 5.92 Å². The molecule has 1 aliphatic heterocycles. The van der Waals surface area contributed by atoms with Crippen LogP contribution in [0.3, 0.4) is 0 Å². The Morgan fingerprint density at radius 2 is 1.79 bits per heavy atom. The molecular weight excluding hydrogens is 382 g/mol. The van der Waals surface area contributed by atoms with E-state index in [0.717, 1.165) is 26.8 Å². The van der Waals surface area contributed by atoms with Crippen LogP contribution in [0, 0.1) is 0 Å². The van der Waals surface area contributed by atoms with Gasteiger partial charge < -0.3 is 14.2 Å². The highest BCUT2D eigenvalue weighted by Crippen LogP contribution is 2.47. The van der Waals surface area contributed by atoms with Crippen LogP contribution in [0.5, 0.6) is 5.75 Å². The standard InChI is InChI=1S/C24H23NO3S/c1-15(2)28-19-8-5-17(6-9-19)22-14-25-23(29-22)20-10-7-18(24-26-11-12-27-24)13-21(20)16-3-4-16/h5-16,24H,3-4H2,1-2H3. The second-order valence-corrected chi connectivity index (χ2v) is 8.75. The predicted molar refractivity (Wildman–Crippen MR) is 115 cm³/mol. The molecule has 0 radical (unpaired) electrons. The van der Waals surface area contributed by atoms with Gasteiger partial charge in [0.05, 0.1) is 11.0 Å². The fraction of sp³-hybridized carbons (Fsp3) is 0.292. The van der Waals surface area contributed by atoms with E-state index in [9.17, 15) is 0 Å². The van der Waals surface area contributed by atoms with Crippen molar-refractivity contribution in [2.45, 2.75) is 45.0 Å². The number of ether oxygens (including phenoxy) is 3. The molecule has 0 spiro atoms. The minimum absolute atomic E-state index is 0.176. The van der Waals surface area contributed by atoms with Crippen LogP contribution < -0.4 is 4.74 Å². The molecule has 0 saturated heterocycles. The third-order valence-corrected chi connectivity index (χ3v) is 6.15. The lowest BCUT2D eigenvalue weighted by molar-refractivity contribution is -0.0246. The van der Waals surface area contributed by atoms with Gasteiger partial charge in [-0.25, -0.2) is 4.98 Å². The second-order valence-electron chi connectivity index (χ2n) is 7.72. The summed E-state index contributed by atoms with van der Waals surface area (Å²) in [6, 6.07) is 14.7. The number of aromatic nitrogens is 1. The third kappa shape index (κ3) is 3.87. The van der Waals surface area contributed by atoms with E-state index >= 15 is 0 Å². The van der Waals surface area contributed by atoms with Crippen molar-refractivity contribution in [3.8, 4) is 26.8 Å². The summed E-state index contributed by atoms with van der Waals surface area (Å²) >= 11 is 1.73. The summed E-state index contributed by atoms with van der Waals surface area (Å²) in [5, 5.41) is 1.06. The van der Waals surface area contributed by atoms with Crippen molar-refractivity contribution in [1.29, 1.82) is 0 Å². The van der Waals surface area contributed by atoms with Crippen LogP contribution in [-0.4, -0.2) is 11.1 Å². The summed E-state index contributed by atoms with van der Waals surface area (Å²) in [4.78, 5) is 5.90. The molecule has 2 heterocycles. The first-order chi connectivity index (χ1) is 14.2. The van der Waals surface area contributed by atoms with Gasteiger partial charge in [0.15, 0.2) is 0 Å². The number of rotatable bonds is 6. The Balaban J connectivity index is 1.42. The minimum atomic E-state index is -0.333. The van der Waals surface area contributed by atoms with Gasteiger partial charge in [0.2, 0.25) is 0 Å². The van der Waals surface area contributed by atoms with Crippen molar-refractivity contribution in [2.75, 3.05) is 0 Å². The van der Waals surface area contributed by atoms with Crippen molar-refractivity contribution in [1.82, 2.24) is 4.98 Å². The molecule has 0 bridgehead atoms.